The van der Waals surface area contributed by atoms with Gasteiger partial charge < -0.3 is 11.1 Å². The predicted octanol–water partition coefficient (Wildman–Crippen LogP) is 2.09. The van der Waals surface area contributed by atoms with Gasteiger partial charge in [-0.2, -0.15) is 0 Å². The second kappa shape index (κ2) is 7.91. The minimum atomic E-state index is 0. The highest BCUT2D eigenvalue weighted by atomic mass is 35.5. The first-order valence-electron chi connectivity index (χ1n) is 6.16. The Morgan fingerprint density at radius 1 is 1.50 bits per heavy atom. The Hall–Kier alpha value is -0.280. The van der Waals surface area contributed by atoms with Crippen LogP contribution in [0.15, 0.2) is 0 Å². The molecule has 0 radical (unpaired) electrons. The van der Waals surface area contributed by atoms with Crippen molar-refractivity contribution in [3.63, 3.8) is 0 Å². The Bertz CT molecular complexity index is 207. The van der Waals surface area contributed by atoms with Crippen LogP contribution in [0.5, 0.6) is 0 Å². The monoisotopic (exact) mass is 248 g/mol. The highest BCUT2D eigenvalue weighted by Gasteiger charge is 2.31. The van der Waals surface area contributed by atoms with Gasteiger partial charge in [0.05, 0.1) is 0 Å². The predicted molar refractivity (Wildman–Crippen MR) is 69.6 cm³/mol. The molecule has 4 heteroatoms. The molecule has 3 nitrogen and oxygen atoms in total. The largest absolute Gasteiger partial charge is 0.352 e. The van der Waals surface area contributed by atoms with Crippen molar-refractivity contribution >= 4 is 18.3 Å². The fourth-order valence-electron chi connectivity index (χ4n) is 2.04. The molecule has 1 amide bonds. The molecule has 1 saturated carbocycles. The molecule has 16 heavy (non-hydrogen) atoms. The standard InChI is InChI=1S/C12H24N2O.ClH/c1-3-4-9(2)7-12(15)14-11(8-13)10-5-6-10;/h9-11H,3-8,13H2,1-2H3,(H,14,15);1H. The molecule has 0 aromatic heterocycles. The second-order valence-electron chi connectivity index (χ2n) is 4.85. The molecule has 1 rings (SSSR count). The zero-order chi connectivity index (χ0) is 11.3. The Kier molecular flexibility index (Phi) is 7.77. The molecular weight excluding hydrogens is 224 g/mol. The molecule has 0 heterocycles. The number of halogens is 1. The first-order valence-corrected chi connectivity index (χ1v) is 6.16. The van der Waals surface area contributed by atoms with Crippen LogP contribution in [0.1, 0.15) is 46.0 Å². The smallest absolute Gasteiger partial charge is 0.220 e. The lowest BCUT2D eigenvalue weighted by molar-refractivity contribution is -0.122. The zero-order valence-corrected chi connectivity index (χ0v) is 11.2. The number of rotatable bonds is 7. The molecular formula is C12H25ClN2O. The van der Waals surface area contributed by atoms with E-state index in [1.54, 1.807) is 0 Å². The normalized spacial score (nSPS) is 18.4. The molecule has 1 aliphatic rings. The van der Waals surface area contributed by atoms with Crippen LogP contribution in [0, 0.1) is 11.8 Å². The maximum Gasteiger partial charge on any atom is 0.220 e. The zero-order valence-electron chi connectivity index (χ0n) is 10.4. The number of nitrogens with two attached hydrogens (primary N) is 1. The van der Waals surface area contributed by atoms with Crippen LogP contribution in [-0.4, -0.2) is 18.5 Å². The van der Waals surface area contributed by atoms with Crippen LogP contribution >= 0.6 is 12.4 Å². The van der Waals surface area contributed by atoms with Crippen LogP contribution in [0.3, 0.4) is 0 Å². The van der Waals surface area contributed by atoms with Crippen molar-refractivity contribution in [1.82, 2.24) is 5.32 Å². The van der Waals surface area contributed by atoms with E-state index in [-0.39, 0.29) is 24.4 Å². The van der Waals surface area contributed by atoms with Gasteiger partial charge in [0.1, 0.15) is 0 Å². The topological polar surface area (TPSA) is 55.1 Å². The second-order valence-corrected chi connectivity index (χ2v) is 4.85. The van der Waals surface area contributed by atoms with E-state index in [0.29, 0.717) is 24.8 Å². The van der Waals surface area contributed by atoms with Crippen LogP contribution in [-0.2, 0) is 4.79 Å². The SMILES string of the molecule is CCCC(C)CC(=O)NC(CN)C1CC1.Cl. The number of hydrogen-bond donors (Lipinski definition) is 2. The number of carbonyl (C=O) groups is 1. The Labute approximate surface area is 105 Å². The van der Waals surface area contributed by atoms with Gasteiger partial charge in [-0.15, -0.1) is 12.4 Å². The third-order valence-corrected chi connectivity index (χ3v) is 3.11. The van der Waals surface area contributed by atoms with Crippen molar-refractivity contribution in [1.29, 1.82) is 0 Å². The number of nitrogens with one attached hydrogen (secondary N) is 1. The third kappa shape index (κ3) is 5.71. The molecule has 0 aromatic rings. The molecule has 2 atom stereocenters. The van der Waals surface area contributed by atoms with Gasteiger partial charge in [0, 0.05) is 19.0 Å². The van der Waals surface area contributed by atoms with E-state index in [1.165, 1.54) is 12.8 Å². The fraction of sp³-hybridized carbons (Fsp3) is 0.917. The van der Waals surface area contributed by atoms with Crippen molar-refractivity contribution in [2.24, 2.45) is 17.6 Å². The molecule has 0 aromatic carbocycles. The van der Waals surface area contributed by atoms with Crippen molar-refractivity contribution in [2.45, 2.75) is 52.0 Å². The van der Waals surface area contributed by atoms with E-state index in [2.05, 4.69) is 19.2 Å². The quantitative estimate of drug-likeness (QED) is 0.725. The van der Waals surface area contributed by atoms with Crippen molar-refractivity contribution in [3.05, 3.63) is 0 Å². The van der Waals surface area contributed by atoms with Crippen LogP contribution in [0.4, 0.5) is 0 Å². The third-order valence-electron chi connectivity index (χ3n) is 3.11. The summed E-state index contributed by atoms with van der Waals surface area (Å²) in [6.07, 6.45) is 5.39. The number of hydrogen-bond acceptors (Lipinski definition) is 2. The van der Waals surface area contributed by atoms with Crippen molar-refractivity contribution in [2.75, 3.05) is 6.54 Å². The van der Waals surface area contributed by atoms with Gasteiger partial charge in [-0.25, -0.2) is 0 Å². The molecule has 96 valence electrons. The first kappa shape index (κ1) is 15.7. The first-order chi connectivity index (χ1) is 7.17. The summed E-state index contributed by atoms with van der Waals surface area (Å²) >= 11 is 0. The maximum atomic E-state index is 11.7. The van der Waals surface area contributed by atoms with Gasteiger partial charge in [-0.05, 0) is 24.7 Å². The summed E-state index contributed by atoms with van der Waals surface area (Å²) in [5, 5.41) is 3.05. The van der Waals surface area contributed by atoms with E-state index in [1.807, 2.05) is 0 Å². The lowest BCUT2D eigenvalue weighted by Crippen LogP contribution is -2.42. The molecule has 1 fully saturated rings. The summed E-state index contributed by atoms with van der Waals surface area (Å²) in [7, 11) is 0. The van der Waals surface area contributed by atoms with Gasteiger partial charge in [-0.3, -0.25) is 4.79 Å². The highest BCUT2D eigenvalue weighted by Crippen LogP contribution is 2.32. The number of amides is 1. The summed E-state index contributed by atoms with van der Waals surface area (Å²) in [4.78, 5) is 11.7. The van der Waals surface area contributed by atoms with Gasteiger partial charge in [0.15, 0.2) is 0 Å². The molecule has 0 aliphatic heterocycles. The average molecular weight is 249 g/mol. The molecule has 0 bridgehead atoms. The minimum absolute atomic E-state index is 0. The summed E-state index contributed by atoms with van der Waals surface area (Å²) in [5.74, 6) is 1.33. The molecule has 2 unspecified atom stereocenters. The van der Waals surface area contributed by atoms with Crippen LogP contribution in [0.25, 0.3) is 0 Å². The minimum Gasteiger partial charge on any atom is -0.352 e. The van der Waals surface area contributed by atoms with E-state index >= 15 is 0 Å². The maximum absolute atomic E-state index is 11.7. The van der Waals surface area contributed by atoms with E-state index in [9.17, 15) is 4.79 Å². The summed E-state index contributed by atoms with van der Waals surface area (Å²) in [5.41, 5.74) is 5.64. The molecule has 3 N–H and O–H groups in total. The van der Waals surface area contributed by atoms with E-state index < -0.39 is 0 Å². The Morgan fingerprint density at radius 3 is 2.56 bits per heavy atom. The Morgan fingerprint density at radius 2 is 2.12 bits per heavy atom. The van der Waals surface area contributed by atoms with Gasteiger partial charge >= 0.3 is 0 Å². The highest BCUT2D eigenvalue weighted by molar-refractivity contribution is 5.85. The van der Waals surface area contributed by atoms with Crippen molar-refractivity contribution < 1.29 is 4.79 Å². The van der Waals surface area contributed by atoms with Gasteiger partial charge in [0.25, 0.3) is 0 Å². The van der Waals surface area contributed by atoms with Gasteiger partial charge in [0.2, 0.25) is 5.91 Å². The fourth-order valence-corrected chi connectivity index (χ4v) is 2.04. The van der Waals surface area contributed by atoms with Gasteiger partial charge in [-0.1, -0.05) is 26.7 Å². The molecule has 0 spiro atoms. The number of carbonyl (C=O) groups excluding carboxylic acids is 1. The average Bonchev–Trinajstić information content (AvgIpc) is 2.97. The lowest BCUT2D eigenvalue weighted by Gasteiger charge is -2.17. The van der Waals surface area contributed by atoms with Crippen LogP contribution < -0.4 is 11.1 Å². The molecule has 1 aliphatic carbocycles. The summed E-state index contributed by atoms with van der Waals surface area (Å²) in [6, 6.07) is 0.228. The lowest BCUT2D eigenvalue weighted by atomic mass is 10.0. The summed E-state index contributed by atoms with van der Waals surface area (Å²) < 4.78 is 0. The van der Waals surface area contributed by atoms with Crippen LogP contribution in [0.2, 0.25) is 0 Å². The molecule has 0 saturated heterocycles. The van der Waals surface area contributed by atoms with E-state index in [0.717, 1.165) is 12.8 Å². The van der Waals surface area contributed by atoms with Crippen molar-refractivity contribution in [3.8, 4) is 0 Å². The summed E-state index contributed by atoms with van der Waals surface area (Å²) in [6.45, 7) is 4.87. The van der Waals surface area contributed by atoms with E-state index in [4.69, 9.17) is 5.73 Å². The Balaban J connectivity index is 0.00000225.